The van der Waals surface area contributed by atoms with Crippen LogP contribution in [0, 0.1) is 6.92 Å². The van der Waals surface area contributed by atoms with Crippen molar-refractivity contribution in [2.45, 2.75) is 26.7 Å². The number of hydrogen-bond donors (Lipinski definition) is 1. The quantitative estimate of drug-likeness (QED) is 0.911. The summed E-state index contributed by atoms with van der Waals surface area (Å²) in [6, 6.07) is 6.36. The van der Waals surface area contributed by atoms with E-state index in [4.69, 9.17) is 9.47 Å². The summed E-state index contributed by atoms with van der Waals surface area (Å²) in [7, 11) is 3.22. The number of anilines is 1. The smallest absolute Gasteiger partial charge is 0.330 e. The molecule has 0 aliphatic carbocycles. The van der Waals surface area contributed by atoms with Crippen LogP contribution in [0.5, 0.6) is 17.8 Å². The first-order valence-electron chi connectivity index (χ1n) is 6.79. The normalized spacial score (nSPS) is 10.6. The minimum atomic E-state index is 0.197. The maximum absolute atomic E-state index is 5.70. The van der Waals surface area contributed by atoms with Crippen molar-refractivity contribution in [3.05, 3.63) is 29.3 Å². The van der Waals surface area contributed by atoms with Gasteiger partial charge in [0.05, 0.1) is 7.11 Å². The van der Waals surface area contributed by atoms with Gasteiger partial charge in [-0.05, 0) is 36.1 Å². The first kappa shape index (κ1) is 15.0. The highest BCUT2D eigenvalue weighted by Gasteiger charge is 2.10. The van der Waals surface area contributed by atoms with Crippen LogP contribution in [0.25, 0.3) is 0 Å². The highest BCUT2D eigenvalue weighted by molar-refractivity contribution is 5.38. The van der Waals surface area contributed by atoms with E-state index in [0.717, 1.165) is 0 Å². The van der Waals surface area contributed by atoms with Gasteiger partial charge in [-0.15, -0.1) is 4.98 Å². The van der Waals surface area contributed by atoms with E-state index in [0.29, 0.717) is 17.6 Å². The Kier molecular flexibility index (Phi) is 4.57. The third kappa shape index (κ3) is 3.59. The molecular formula is C15H20N4O2. The van der Waals surface area contributed by atoms with Crippen molar-refractivity contribution in [2.75, 3.05) is 19.5 Å². The van der Waals surface area contributed by atoms with Crippen LogP contribution in [0.2, 0.25) is 0 Å². The van der Waals surface area contributed by atoms with Crippen LogP contribution < -0.4 is 14.8 Å². The Morgan fingerprint density at radius 3 is 2.38 bits per heavy atom. The van der Waals surface area contributed by atoms with E-state index in [1.54, 1.807) is 7.05 Å². The van der Waals surface area contributed by atoms with E-state index in [1.807, 2.05) is 12.1 Å². The summed E-state index contributed by atoms with van der Waals surface area (Å²) < 4.78 is 10.7. The largest absolute Gasteiger partial charge is 0.467 e. The fourth-order valence-corrected chi connectivity index (χ4v) is 2.05. The second-order valence-electron chi connectivity index (χ2n) is 4.95. The minimum absolute atomic E-state index is 0.197. The Morgan fingerprint density at radius 2 is 1.81 bits per heavy atom. The van der Waals surface area contributed by atoms with Gasteiger partial charge in [0.1, 0.15) is 5.75 Å². The summed E-state index contributed by atoms with van der Waals surface area (Å²) >= 11 is 0. The molecular weight excluding hydrogens is 268 g/mol. The van der Waals surface area contributed by atoms with Crippen molar-refractivity contribution in [1.29, 1.82) is 0 Å². The third-order valence-electron chi connectivity index (χ3n) is 3.07. The lowest BCUT2D eigenvalue weighted by Gasteiger charge is -2.12. The van der Waals surface area contributed by atoms with Crippen LogP contribution in [-0.2, 0) is 0 Å². The number of ether oxygens (including phenoxy) is 2. The molecule has 6 nitrogen and oxygen atoms in total. The van der Waals surface area contributed by atoms with Gasteiger partial charge in [-0.1, -0.05) is 19.9 Å². The van der Waals surface area contributed by atoms with Crippen molar-refractivity contribution >= 4 is 5.95 Å². The fraction of sp³-hybridized carbons (Fsp3) is 0.400. The maximum Gasteiger partial charge on any atom is 0.330 e. The summed E-state index contributed by atoms with van der Waals surface area (Å²) in [5.41, 5.74) is 2.48. The molecule has 1 aromatic heterocycles. The molecule has 112 valence electrons. The van der Waals surface area contributed by atoms with Gasteiger partial charge in [0.25, 0.3) is 0 Å². The summed E-state index contributed by atoms with van der Waals surface area (Å²) in [5.74, 6) is 1.56. The number of hydrogen-bond acceptors (Lipinski definition) is 6. The molecule has 0 aliphatic rings. The standard InChI is InChI=1S/C15H20N4O2/c1-9(2)12-7-6-11(8-10(12)3)21-15-18-13(16-4)17-14(19-15)20-5/h6-9H,1-5H3,(H,16,17,18,19). The molecule has 1 N–H and O–H groups in total. The average Bonchev–Trinajstić information content (AvgIpc) is 2.46. The van der Waals surface area contributed by atoms with Crippen LogP contribution in [-0.4, -0.2) is 29.1 Å². The molecule has 1 heterocycles. The monoisotopic (exact) mass is 288 g/mol. The predicted molar refractivity (Wildman–Crippen MR) is 81.3 cm³/mol. The summed E-state index contributed by atoms with van der Waals surface area (Å²) in [6.07, 6.45) is 0. The zero-order valence-electron chi connectivity index (χ0n) is 13.0. The van der Waals surface area contributed by atoms with Gasteiger partial charge in [0, 0.05) is 7.05 Å². The molecule has 2 rings (SSSR count). The summed E-state index contributed by atoms with van der Waals surface area (Å²) in [4.78, 5) is 12.3. The van der Waals surface area contributed by atoms with Gasteiger partial charge < -0.3 is 14.8 Å². The summed E-state index contributed by atoms with van der Waals surface area (Å²) in [6.45, 7) is 6.40. The second-order valence-corrected chi connectivity index (χ2v) is 4.95. The van der Waals surface area contributed by atoms with Crippen LogP contribution in [0.4, 0.5) is 5.95 Å². The Morgan fingerprint density at radius 1 is 1.10 bits per heavy atom. The van der Waals surface area contributed by atoms with E-state index in [-0.39, 0.29) is 12.0 Å². The topological polar surface area (TPSA) is 69.2 Å². The average molecular weight is 288 g/mol. The maximum atomic E-state index is 5.70. The molecule has 0 saturated heterocycles. The zero-order chi connectivity index (χ0) is 15.4. The lowest BCUT2D eigenvalue weighted by Crippen LogP contribution is -2.03. The molecule has 0 unspecified atom stereocenters. The van der Waals surface area contributed by atoms with Gasteiger partial charge in [-0.25, -0.2) is 0 Å². The van der Waals surface area contributed by atoms with E-state index in [2.05, 4.69) is 47.1 Å². The Balaban J connectivity index is 2.27. The SMILES string of the molecule is CNc1nc(OC)nc(Oc2ccc(C(C)C)c(C)c2)n1. The zero-order valence-corrected chi connectivity index (χ0v) is 13.0. The molecule has 1 aromatic carbocycles. The van der Waals surface area contributed by atoms with Gasteiger partial charge >= 0.3 is 12.0 Å². The molecule has 6 heteroatoms. The second kappa shape index (κ2) is 6.39. The molecule has 2 aromatic rings. The first-order chi connectivity index (χ1) is 10.0. The Hall–Kier alpha value is -2.37. The van der Waals surface area contributed by atoms with Gasteiger partial charge in [-0.3, -0.25) is 0 Å². The number of nitrogens with one attached hydrogen (secondary N) is 1. The predicted octanol–water partition coefficient (Wildman–Crippen LogP) is 3.15. The molecule has 0 amide bonds. The van der Waals surface area contributed by atoms with Crippen molar-refractivity contribution in [1.82, 2.24) is 15.0 Å². The number of rotatable bonds is 5. The van der Waals surface area contributed by atoms with Crippen LogP contribution in [0.1, 0.15) is 30.9 Å². The van der Waals surface area contributed by atoms with Gasteiger partial charge in [-0.2, -0.15) is 9.97 Å². The van der Waals surface area contributed by atoms with E-state index in [1.165, 1.54) is 18.2 Å². The summed E-state index contributed by atoms with van der Waals surface area (Å²) in [5, 5.41) is 2.84. The highest BCUT2D eigenvalue weighted by atomic mass is 16.5. The van der Waals surface area contributed by atoms with Crippen molar-refractivity contribution < 1.29 is 9.47 Å². The van der Waals surface area contributed by atoms with Gasteiger partial charge in [0.15, 0.2) is 0 Å². The Labute approximate surface area is 124 Å². The fourth-order valence-electron chi connectivity index (χ4n) is 2.05. The number of aryl methyl sites for hydroxylation is 1. The molecule has 0 radical (unpaired) electrons. The molecule has 0 atom stereocenters. The van der Waals surface area contributed by atoms with Crippen LogP contribution in [0.15, 0.2) is 18.2 Å². The number of methoxy groups -OCH3 is 1. The molecule has 0 saturated carbocycles. The molecule has 0 bridgehead atoms. The lowest BCUT2D eigenvalue weighted by atomic mass is 9.98. The van der Waals surface area contributed by atoms with Crippen LogP contribution in [0.3, 0.4) is 0 Å². The molecule has 0 fully saturated rings. The van der Waals surface area contributed by atoms with Crippen LogP contribution >= 0.6 is 0 Å². The van der Waals surface area contributed by atoms with E-state index < -0.39 is 0 Å². The molecule has 21 heavy (non-hydrogen) atoms. The van der Waals surface area contributed by atoms with Gasteiger partial charge in [0.2, 0.25) is 5.95 Å². The molecule has 0 aliphatic heterocycles. The van der Waals surface area contributed by atoms with E-state index >= 15 is 0 Å². The third-order valence-corrected chi connectivity index (χ3v) is 3.07. The minimum Gasteiger partial charge on any atom is -0.467 e. The van der Waals surface area contributed by atoms with Crippen molar-refractivity contribution in [3.8, 4) is 17.8 Å². The number of benzene rings is 1. The van der Waals surface area contributed by atoms with E-state index in [9.17, 15) is 0 Å². The lowest BCUT2D eigenvalue weighted by molar-refractivity contribution is 0.360. The molecule has 0 spiro atoms. The first-order valence-corrected chi connectivity index (χ1v) is 6.79. The number of aromatic nitrogens is 3. The number of nitrogens with zero attached hydrogens (tertiary/aromatic N) is 3. The van der Waals surface area contributed by atoms with Crippen molar-refractivity contribution in [3.63, 3.8) is 0 Å². The van der Waals surface area contributed by atoms with Crippen molar-refractivity contribution in [2.24, 2.45) is 0 Å². The highest BCUT2D eigenvalue weighted by Crippen LogP contribution is 2.26. The Bertz CT molecular complexity index is 607.